The first-order chi connectivity index (χ1) is 12.6. The van der Waals surface area contributed by atoms with Crippen molar-refractivity contribution in [3.8, 4) is 17.4 Å². The van der Waals surface area contributed by atoms with Crippen molar-refractivity contribution in [2.24, 2.45) is 0 Å². The Balaban J connectivity index is 1.84. The van der Waals surface area contributed by atoms with E-state index in [1.165, 1.54) is 6.07 Å². The van der Waals surface area contributed by atoms with Crippen molar-refractivity contribution in [1.29, 1.82) is 0 Å². The summed E-state index contributed by atoms with van der Waals surface area (Å²) in [5, 5.41) is 4.56. The number of aryl methyl sites for hydroxylation is 2. The summed E-state index contributed by atoms with van der Waals surface area (Å²) < 4.78 is 8.87. The zero-order valence-electron chi connectivity index (χ0n) is 14.5. The van der Waals surface area contributed by atoms with Crippen LogP contribution < -0.4 is 5.56 Å². The Hall–Kier alpha value is -3.48. The van der Waals surface area contributed by atoms with Crippen molar-refractivity contribution in [1.82, 2.24) is 24.3 Å². The third-order valence-corrected chi connectivity index (χ3v) is 3.94. The summed E-state index contributed by atoms with van der Waals surface area (Å²) in [4.78, 5) is 21.2. The van der Waals surface area contributed by atoms with E-state index >= 15 is 0 Å². The maximum absolute atomic E-state index is 12.1. The van der Waals surface area contributed by atoms with Crippen LogP contribution >= 0.6 is 0 Å². The number of nitrogens with zero attached hydrogens (tertiary/aromatic N) is 5. The number of hydrogen-bond donors (Lipinski definition) is 0. The molecule has 0 amide bonds. The van der Waals surface area contributed by atoms with Crippen LogP contribution in [0.2, 0.25) is 0 Å². The van der Waals surface area contributed by atoms with Crippen LogP contribution in [0.5, 0.6) is 0 Å². The van der Waals surface area contributed by atoms with Crippen molar-refractivity contribution in [3.63, 3.8) is 0 Å². The monoisotopic (exact) mass is 347 g/mol. The van der Waals surface area contributed by atoms with Gasteiger partial charge in [0, 0.05) is 18.0 Å². The highest BCUT2D eigenvalue weighted by atomic mass is 16.3. The standard InChI is InChI=1S/C19H17N5O2/c1-13-6-5-7-16(20-13)24-17(12-23-11-4-3-8-18(23)25)21-19(22-24)15-10-9-14(2)26-15/h3-11H,12H2,1-2H3. The average molecular weight is 347 g/mol. The molecule has 0 N–H and O–H groups in total. The molecule has 7 nitrogen and oxygen atoms in total. The van der Waals surface area contributed by atoms with Gasteiger partial charge in [0.25, 0.3) is 5.56 Å². The van der Waals surface area contributed by atoms with Gasteiger partial charge >= 0.3 is 0 Å². The fourth-order valence-corrected chi connectivity index (χ4v) is 2.68. The van der Waals surface area contributed by atoms with Crippen LogP contribution in [0.15, 0.2) is 63.9 Å². The smallest absolute Gasteiger partial charge is 0.250 e. The molecule has 7 heteroatoms. The second kappa shape index (κ2) is 6.44. The molecule has 0 bridgehead atoms. The van der Waals surface area contributed by atoms with E-state index in [1.54, 1.807) is 21.5 Å². The Bertz CT molecular complexity index is 1120. The summed E-state index contributed by atoms with van der Waals surface area (Å²) in [7, 11) is 0. The van der Waals surface area contributed by atoms with Gasteiger partial charge in [-0.3, -0.25) is 4.79 Å². The fraction of sp³-hybridized carbons (Fsp3) is 0.158. The molecular formula is C19H17N5O2. The molecule has 26 heavy (non-hydrogen) atoms. The van der Waals surface area contributed by atoms with Gasteiger partial charge in [-0.25, -0.2) is 9.97 Å². The van der Waals surface area contributed by atoms with Gasteiger partial charge < -0.3 is 8.98 Å². The zero-order valence-corrected chi connectivity index (χ0v) is 14.5. The van der Waals surface area contributed by atoms with Crippen LogP contribution in [0.1, 0.15) is 17.3 Å². The molecule has 0 saturated heterocycles. The van der Waals surface area contributed by atoms with Crippen molar-refractivity contribution in [3.05, 3.63) is 82.4 Å². The van der Waals surface area contributed by atoms with E-state index in [-0.39, 0.29) is 12.1 Å². The molecule has 0 unspecified atom stereocenters. The molecule has 0 aromatic carbocycles. The number of aromatic nitrogens is 5. The minimum absolute atomic E-state index is 0.102. The average Bonchev–Trinajstić information content (AvgIpc) is 3.23. The molecule has 0 atom stereocenters. The van der Waals surface area contributed by atoms with E-state index in [2.05, 4.69) is 15.1 Å². The summed E-state index contributed by atoms with van der Waals surface area (Å²) in [6, 6.07) is 14.4. The predicted molar refractivity (Wildman–Crippen MR) is 96.1 cm³/mol. The molecule has 0 fully saturated rings. The van der Waals surface area contributed by atoms with Crippen molar-refractivity contribution in [2.75, 3.05) is 0 Å². The van der Waals surface area contributed by atoms with Crippen LogP contribution in [0.4, 0.5) is 0 Å². The molecule has 4 rings (SSSR count). The topological polar surface area (TPSA) is 78.7 Å². The zero-order chi connectivity index (χ0) is 18.1. The van der Waals surface area contributed by atoms with Gasteiger partial charge in [0.1, 0.15) is 5.76 Å². The first-order valence-electron chi connectivity index (χ1n) is 8.22. The van der Waals surface area contributed by atoms with Crippen molar-refractivity contribution >= 4 is 0 Å². The molecule has 0 aliphatic heterocycles. The maximum atomic E-state index is 12.1. The molecule has 0 aliphatic rings. The minimum Gasteiger partial charge on any atom is -0.458 e. The van der Waals surface area contributed by atoms with E-state index < -0.39 is 0 Å². The number of furan rings is 1. The predicted octanol–water partition coefficient (Wildman–Crippen LogP) is 2.75. The Morgan fingerprint density at radius 3 is 2.62 bits per heavy atom. The third-order valence-electron chi connectivity index (χ3n) is 3.94. The summed E-state index contributed by atoms with van der Waals surface area (Å²) in [5.41, 5.74) is 0.769. The summed E-state index contributed by atoms with van der Waals surface area (Å²) in [6.07, 6.45) is 1.72. The lowest BCUT2D eigenvalue weighted by Crippen LogP contribution is -2.20. The Labute approximate surface area is 149 Å². The largest absolute Gasteiger partial charge is 0.458 e. The quantitative estimate of drug-likeness (QED) is 0.567. The number of pyridine rings is 2. The molecule has 0 aliphatic carbocycles. The molecule has 130 valence electrons. The molecule has 0 radical (unpaired) electrons. The second-order valence-electron chi connectivity index (χ2n) is 5.98. The van der Waals surface area contributed by atoms with Gasteiger partial charge in [-0.15, -0.1) is 5.10 Å². The van der Waals surface area contributed by atoms with Gasteiger partial charge in [-0.05, 0) is 44.2 Å². The Morgan fingerprint density at radius 1 is 1.00 bits per heavy atom. The first-order valence-corrected chi connectivity index (χ1v) is 8.22. The Kier molecular flexibility index (Phi) is 3.96. The molecule has 0 spiro atoms. The third kappa shape index (κ3) is 3.06. The van der Waals surface area contributed by atoms with Crippen LogP contribution in [0.25, 0.3) is 17.4 Å². The molecule has 4 aromatic rings. The minimum atomic E-state index is -0.102. The van der Waals surface area contributed by atoms with Gasteiger partial charge in [0.05, 0.1) is 6.54 Å². The SMILES string of the molecule is Cc1cccc(-n2nc(-c3ccc(C)o3)nc2Cn2ccccc2=O)n1. The van der Waals surface area contributed by atoms with Crippen LogP contribution in [-0.4, -0.2) is 24.3 Å². The number of rotatable bonds is 4. The highest BCUT2D eigenvalue weighted by molar-refractivity contribution is 5.47. The van der Waals surface area contributed by atoms with Gasteiger partial charge in [0.2, 0.25) is 5.82 Å². The van der Waals surface area contributed by atoms with Gasteiger partial charge in [0.15, 0.2) is 17.4 Å². The second-order valence-corrected chi connectivity index (χ2v) is 5.98. The highest BCUT2D eigenvalue weighted by Crippen LogP contribution is 2.20. The summed E-state index contributed by atoms with van der Waals surface area (Å²) in [6.45, 7) is 4.06. The molecule has 4 heterocycles. The van der Waals surface area contributed by atoms with E-state index in [0.29, 0.717) is 23.2 Å². The van der Waals surface area contributed by atoms with Crippen LogP contribution in [0.3, 0.4) is 0 Å². The van der Waals surface area contributed by atoms with E-state index in [1.807, 2.05) is 50.2 Å². The van der Waals surface area contributed by atoms with E-state index in [4.69, 9.17) is 4.42 Å². The normalized spacial score (nSPS) is 11.0. The maximum Gasteiger partial charge on any atom is 0.250 e. The lowest BCUT2D eigenvalue weighted by molar-refractivity contribution is 0.544. The lowest BCUT2D eigenvalue weighted by atomic mass is 10.4. The summed E-state index contributed by atoms with van der Waals surface area (Å²) >= 11 is 0. The number of hydrogen-bond acceptors (Lipinski definition) is 5. The van der Waals surface area contributed by atoms with E-state index in [9.17, 15) is 4.79 Å². The highest BCUT2D eigenvalue weighted by Gasteiger charge is 2.17. The Morgan fingerprint density at radius 2 is 1.88 bits per heavy atom. The van der Waals surface area contributed by atoms with Crippen molar-refractivity contribution in [2.45, 2.75) is 20.4 Å². The fourth-order valence-electron chi connectivity index (χ4n) is 2.68. The lowest BCUT2D eigenvalue weighted by Gasteiger charge is -2.07. The first kappa shape index (κ1) is 16.0. The van der Waals surface area contributed by atoms with Gasteiger partial charge in [-0.2, -0.15) is 4.68 Å². The van der Waals surface area contributed by atoms with E-state index in [0.717, 1.165) is 11.5 Å². The van der Waals surface area contributed by atoms with Crippen molar-refractivity contribution < 1.29 is 4.42 Å². The van der Waals surface area contributed by atoms with Crippen LogP contribution in [-0.2, 0) is 6.54 Å². The molecular weight excluding hydrogens is 330 g/mol. The summed E-state index contributed by atoms with van der Waals surface area (Å²) in [5.74, 6) is 3.06. The van der Waals surface area contributed by atoms with Gasteiger partial charge in [-0.1, -0.05) is 12.1 Å². The molecule has 0 saturated carbocycles. The molecule has 4 aromatic heterocycles. The van der Waals surface area contributed by atoms with Crippen LogP contribution in [0, 0.1) is 13.8 Å².